The van der Waals surface area contributed by atoms with Crippen molar-refractivity contribution in [3.8, 4) is 0 Å². The first kappa shape index (κ1) is 26.1. The van der Waals surface area contributed by atoms with Crippen LogP contribution in [0.2, 0.25) is 0 Å². The van der Waals surface area contributed by atoms with E-state index in [1.54, 1.807) is 26.1 Å². The molecule has 1 spiro atoms. The predicted octanol–water partition coefficient (Wildman–Crippen LogP) is 3.65. The first-order valence-electron chi connectivity index (χ1n) is 13.1. The normalized spacial score (nSPS) is 24.6. The predicted molar refractivity (Wildman–Crippen MR) is 142 cm³/mol. The number of pyridine rings is 1. The number of piperidine rings is 1. The molecule has 0 bridgehead atoms. The summed E-state index contributed by atoms with van der Waals surface area (Å²) in [5.74, 6) is -2.14. The van der Waals surface area contributed by atoms with Gasteiger partial charge in [-0.1, -0.05) is 12.1 Å². The Morgan fingerprint density at radius 1 is 1.10 bits per heavy atom. The molecule has 3 aromatic rings. The Hall–Kier alpha value is -4.18. The van der Waals surface area contributed by atoms with Gasteiger partial charge in [-0.25, -0.2) is 13.8 Å². The number of rotatable bonds is 4. The summed E-state index contributed by atoms with van der Waals surface area (Å²) in [5, 5.41) is 16.4. The van der Waals surface area contributed by atoms with E-state index in [4.69, 9.17) is 0 Å². The maximum Gasteiger partial charge on any atom is 0.244 e. The SMILES string of the molecule is CC1(C)C(=O)N(CC(=O)Nc2ccc3c(c2)C[C@@]2(C3)C(=O)Nc3ncccc32)[C@@H](c2cc(F)cc(F)c2)C[C@H]1O. The van der Waals surface area contributed by atoms with E-state index < -0.39 is 46.4 Å². The molecule has 8 nitrogen and oxygen atoms in total. The molecule has 3 N–H and O–H groups in total. The third-order valence-electron chi connectivity index (χ3n) is 8.52. The molecule has 6 rings (SSSR count). The molecule has 1 saturated heterocycles. The van der Waals surface area contributed by atoms with Crippen molar-refractivity contribution in [1.82, 2.24) is 9.88 Å². The summed E-state index contributed by atoms with van der Waals surface area (Å²) in [7, 11) is 0. The van der Waals surface area contributed by atoms with Crippen molar-refractivity contribution in [2.45, 2.75) is 50.7 Å². The Morgan fingerprint density at radius 3 is 2.58 bits per heavy atom. The molecule has 3 heterocycles. The van der Waals surface area contributed by atoms with Crippen LogP contribution in [0, 0.1) is 17.0 Å². The Morgan fingerprint density at radius 2 is 1.82 bits per heavy atom. The smallest absolute Gasteiger partial charge is 0.244 e. The van der Waals surface area contributed by atoms with Gasteiger partial charge in [0.05, 0.1) is 23.0 Å². The fraction of sp³-hybridized carbons (Fsp3) is 0.333. The zero-order valence-electron chi connectivity index (χ0n) is 22.0. The highest BCUT2D eigenvalue weighted by Gasteiger charge is 2.51. The van der Waals surface area contributed by atoms with Gasteiger partial charge in [0.2, 0.25) is 17.7 Å². The maximum absolute atomic E-state index is 14.0. The average Bonchev–Trinajstić information content (AvgIpc) is 3.41. The van der Waals surface area contributed by atoms with E-state index in [0.717, 1.165) is 34.9 Å². The first-order chi connectivity index (χ1) is 19.0. The number of amides is 3. The number of aromatic nitrogens is 1. The van der Waals surface area contributed by atoms with Crippen LogP contribution in [-0.4, -0.2) is 45.4 Å². The quantitative estimate of drug-likeness (QED) is 0.463. The largest absolute Gasteiger partial charge is 0.392 e. The number of carbonyl (C=O) groups excluding carboxylic acids is 3. The number of nitrogens with zero attached hydrogens (tertiary/aromatic N) is 2. The molecule has 2 aliphatic heterocycles. The summed E-state index contributed by atoms with van der Waals surface area (Å²) in [4.78, 5) is 45.1. The number of aliphatic hydroxyl groups is 1. The molecule has 2 aromatic carbocycles. The van der Waals surface area contributed by atoms with Crippen molar-refractivity contribution in [2.75, 3.05) is 17.2 Å². The molecule has 0 saturated carbocycles. The number of carbonyl (C=O) groups is 3. The zero-order chi connectivity index (χ0) is 28.4. The van der Waals surface area contributed by atoms with E-state index >= 15 is 0 Å². The van der Waals surface area contributed by atoms with Gasteiger partial charge < -0.3 is 20.6 Å². The van der Waals surface area contributed by atoms with Crippen LogP contribution in [0.5, 0.6) is 0 Å². The number of halogens is 2. The lowest BCUT2D eigenvalue weighted by Crippen LogP contribution is -2.56. The number of nitrogens with one attached hydrogen (secondary N) is 2. The van der Waals surface area contributed by atoms with Crippen molar-refractivity contribution in [2.24, 2.45) is 5.41 Å². The van der Waals surface area contributed by atoms with Gasteiger partial charge in [-0.3, -0.25) is 14.4 Å². The molecule has 40 heavy (non-hydrogen) atoms. The summed E-state index contributed by atoms with van der Waals surface area (Å²) in [6, 6.07) is 11.2. The van der Waals surface area contributed by atoms with E-state index in [1.807, 2.05) is 24.3 Å². The van der Waals surface area contributed by atoms with Crippen LogP contribution in [0.25, 0.3) is 0 Å². The molecule has 0 radical (unpaired) electrons. The lowest BCUT2D eigenvalue weighted by molar-refractivity contribution is -0.160. The minimum Gasteiger partial charge on any atom is -0.392 e. The van der Waals surface area contributed by atoms with E-state index in [9.17, 15) is 28.3 Å². The Kier molecular flexibility index (Phi) is 5.99. The zero-order valence-corrected chi connectivity index (χ0v) is 22.0. The Bertz CT molecular complexity index is 1550. The fourth-order valence-electron chi connectivity index (χ4n) is 6.25. The summed E-state index contributed by atoms with van der Waals surface area (Å²) in [6.07, 6.45) is 1.58. The number of likely N-dealkylation sites (tertiary alicyclic amines) is 1. The van der Waals surface area contributed by atoms with Gasteiger partial charge in [0.15, 0.2) is 0 Å². The number of aliphatic hydroxyl groups excluding tert-OH is 1. The molecule has 1 aliphatic carbocycles. The van der Waals surface area contributed by atoms with Gasteiger partial charge in [-0.2, -0.15) is 0 Å². The van der Waals surface area contributed by atoms with Crippen molar-refractivity contribution < 1.29 is 28.3 Å². The van der Waals surface area contributed by atoms with Crippen molar-refractivity contribution >= 4 is 29.2 Å². The molecule has 3 amide bonds. The minimum atomic E-state index is -1.18. The van der Waals surface area contributed by atoms with Crippen LogP contribution in [0.15, 0.2) is 54.7 Å². The highest BCUT2D eigenvalue weighted by Crippen LogP contribution is 2.47. The molecule has 1 aromatic heterocycles. The van der Waals surface area contributed by atoms with Gasteiger partial charge in [0.25, 0.3) is 0 Å². The van der Waals surface area contributed by atoms with Crippen molar-refractivity contribution in [3.63, 3.8) is 0 Å². The number of hydrogen-bond acceptors (Lipinski definition) is 5. The Balaban J connectivity index is 1.23. The topological polar surface area (TPSA) is 112 Å². The van der Waals surface area contributed by atoms with Crippen LogP contribution >= 0.6 is 0 Å². The van der Waals surface area contributed by atoms with E-state index in [2.05, 4.69) is 15.6 Å². The second kappa shape index (κ2) is 9.19. The van der Waals surface area contributed by atoms with Crippen LogP contribution in [0.3, 0.4) is 0 Å². The molecule has 10 heteroatoms. The van der Waals surface area contributed by atoms with Crippen molar-refractivity contribution in [3.05, 3.63) is 88.6 Å². The van der Waals surface area contributed by atoms with E-state index in [0.29, 0.717) is 24.3 Å². The first-order valence-corrected chi connectivity index (χ1v) is 13.1. The molecule has 3 aliphatic rings. The summed E-state index contributed by atoms with van der Waals surface area (Å²) in [6.45, 7) is 2.78. The second-order valence-corrected chi connectivity index (χ2v) is 11.4. The number of anilines is 2. The third kappa shape index (κ3) is 4.14. The van der Waals surface area contributed by atoms with Crippen LogP contribution in [0.1, 0.15) is 48.6 Å². The van der Waals surface area contributed by atoms with Gasteiger partial charge in [0, 0.05) is 23.5 Å². The standard InChI is InChI=1S/C30H28F2N4O4/c1-29(2)24(37)12-23(17-8-19(31)11-20(32)9-17)36(28(29)40)15-25(38)34-21-6-5-16-13-30(14-18(16)10-21)22-4-3-7-33-26(22)35-27(30)39/h3-11,23-24,37H,12-15H2,1-2H3,(H,34,38)(H,33,35,39)/t23-,24-,30-/m1/s1. The second-order valence-electron chi connectivity index (χ2n) is 11.4. The van der Waals surface area contributed by atoms with Crippen LogP contribution < -0.4 is 10.6 Å². The van der Waals surface area contributed by atoms with E-state index in [1.165, 1.54) is 4.90 Å². The third-order valence-corrected chi connectivity index (χ3v) is 8.52. The monoisotopic (exact) mass is 546 g/mol. The van der Waals surface area contributed by atoms with Crippen LogP contribution in [0.4, 0.5) is 20.3 Å². The van der Waals surface area contributed by atoms with Crippen molar-refractivity contribution in [1.29, 1.82) is 0 Å². The summed E-state index contributed by atoms with van der Waals surface area (Å²) < 4.78 is 28.0. The van der Waals surface area contributed by atoms with Crippen LogP contribution in [-0.2, 0) is 32.6 Å². The number of benzene rings is 2. The summed E-state index contributed by atoms with van der Waals surface area (Å²) in [5.41, 5.74) is 1.53. The highest BCUT2D eigenvalue weighted by molar-refractivity contribution is 6.06. The van der Waals surface area contributed by atoms with Gasteiger partial charge in [-0.05, 0) is 80.1 Å². The van der Waals surface area contributed by atoms with E-state index in [-0.39, 0.29) is 24.4 Å². The fourth-order valence-corrected chi connectivity index (χ4v) is 6.25. The molecule has 206 valence electrons. The maximum atomic E-state index is 14.0. The minimum absolute atomic E-state index is 0.0221. The van der Waals surface area contributed by atoms with Gasteiger partial charge in [0.1, 0.15) is 24.0 Å². The average molecular weight is 547 g/mol. The molecular weight excluding hydrogens is 518 g/mol. The molecule has 3 atom stereocenters. The highest BCUT2D eigenvalue weighted by atomic mass is 19.1. The molecule has 0 unspecified atom stereocenters. The lowest BCUT2D eigenvalue weighted by atomic mass is 9.76. The molecule has 1 fully saturated rings. The Labute approximate surface area is 229 Å². The van der Waals surface area contributed by atoms with Gasteiger partial charge in [-0.15, -0.1) is 0 Å². The number of fused-ring (bicyclic) bond motifs is 3. The summed E-state index contributed by atoms with van der Waals surface area (Å²) >= 11 is 0. The van der Waals surface area contributed by atoms with Gasteiger partial charge >= 0.3 is 0 Å². The molecular formula is C30H28F2N4O4. The lowest BCUT2D eigenvalue weighted by Gasteiger charge is -2.45. The number of hydrogen-bond donors (Lipinski definition) is 3.